The topological polar surface area (TPSA) is 60.2 Å². The van der Waals surface area contributed by atoms with Crippen molar-refractivity contribution < 1.29 is 9.53 Å². The number of rotatable bonds is 4. The van der Waals surface area contributed by atoms with Crippen molar-refractivity contribution in [3.63, 3.8) is 0 Å². The first kappa shape index (κ1) is 16.7. The Hall–Kier alpha value is -2.73. The summed E-state index contributed by atoms with van der Waals surface area (Å²) >= 11 is 0. The minimum atomic E-state index is 0.0316. The number of aryl methyl sites for hydroxylation is 2. The van der Waals surface area contributed by atoms with E-state index >= 15 is 0 Å². The third-order valence-electron chi connectivity index (χ3n) is 4.78. The van der Waals surface area contributed by atoms with Gasteiger partial charge in [-0.05, 0) is 30.5 Å². The largest absolute Gasteiger partial charge is 0.378 e. The molecule has 1 aliphatic rings. The number of fused-ring (bicyclic) bond motifs is 1. The molecule has 0 aliphatic carbocycles. The van der Waals surface area contributed by atoms with E-state index in [1.165, 1.54) is 5.56 Å². The maximum Gasteiger partial charge on any atom is 0.227 e. The van der Waals surface area contributed by atoms with Gasteiger partial charge in [-0.25, -0.2) is 9.97 Å². The normalized spacial score (nSPS) is 14.7. The lowest BCUT2D eigenvalue weighted by Gasteiger charge is -2.26. The molecule has 0 N–H and O–H groups in total. The van der Waals surface area contributed by atoms with E-state index in [-0.39, 0.29) is 5.91 Å². The maximum absolute atomic E-state index is 11.9. The van der Waals surface area contributed by atoms with E-state index in [4.69, 9.17) is 9.72 Å². The maximum atomic E-state index is 11.9. The van der Waals surface area contributed by atoms with Crippen LogP contribution in [0.15, 0.2) is 42.7 Å². The number of hydrogen-bond donors (Lipinski definition) is 0. The molecule has 0 amide bonds. The van der Waals surface area contributed by atoms with Crippen molar-refractivity contribution in [1.82, 2.24) is 14.5 Å². The average molecular weight is 350 g/mol. The fourth-order valence-corrected chi connectivity index (χ4v) is 3.41. The number of nitrogens with zero attached hydrogens (tertiary/aromatic N) is 4. The van der Waals surface area contributed by atoms with Crippen LogP contribution in [0.3, 0.4) is 0 Å². The van der Waals surface area contributed by atoms with Gasteiger partial charge in [0.25, 0.3) is 0 Å². The van der Waals surface area contributed by atoms with Crippen molar-refractivity contribution >= 4 is 22.8 Å². The molecule has 0 radical (unpaired) electrons. The zero-order valence-corrected chi connectivity index (χ0v) is 14.9. The molecule has 0 spiro atoms. The predicted molar refractivity (Wildman–Crippen MR) is 101 cm³/mol. The Balaban J connectivity index is 1.54. The lowest BCUT2D eigenvalue weighted by atomic mass is 10.1. The summed E-state index contributed by atoms with van der Waals surface area (Å²) in [6.45, 7) is 4.69. The van der Waals surface area contributed by atoms with Gasteiger partial charge in [0.2, 0.25) is 11.9 Å². The van der Waals surface area contributed by atoms with E-state index in [0.717, 1.165) is 61.7 Å². The molecule has 1 fully saturated rings. The van der Waals surface area contributed by atoms with E-state index in [9.17, 15) is 4.79 Å². The van der Waals surface area contributed by atoms with Crippen LogP contribution < -0.4 is 4.90 Å². The summed E-state index contributed by atoms with van der Waals surface area (Å²) in [4.78, 5) is 23.2. The van der Waals surface area contributed by atoms with Gasteiger partial charge in [0.05, 0.1) is 18.7 Å². The number of carbonyl (C=O) groups is 1. The second-order valence-electron chi connectivity index (χ2n) is 6.51. The molecule has 3 aromatic rings. The number of morpholine rings is 1. The van der Waals surface area contributed by atoms with Crippen LogP contribution in [0.5, 0.6) is 0 Å². The first-order valence-corrected chi connectivity index (χ1v) is 8.97. The molecule has 6 nitrogen and oxygen atoms in total. The SMILES string of the molecule is CC(=O)n1cc(CCc2ccnc(N3CCOCC3)n2)c2ccccc21. The van der Waals surface area contributed by atoms with Gasteiger partial charge < -0.3 is 9.64 Å². The molecule has 26 heavy (non-hydrogen) atoms. The van der Waals surface area contributed by atoms with Gasteiger partial charge >= 0.3 is 0 Å². The summed E-state index contributed by atoms with van der Waals surface area (Å²) in [6.07, 6.45) is 5.43. The molecular weight excluding hydrogens is 328 g/mol. The summed E-state index contributed by atoms with van der Waals surface area (Å²) in [6, 6.07) is 10.0. The number of ether oxygens (including phenoxy) is 1. The second kappa shape index (κ2) is 7.25. The number of anilines is 1. The van der Waals surface area contributed by atoms with E-state index in [2.05, 4.69) is 16.0 Å². The first-order valence-electron chi connectivity index (χ1n) is 8.97. The van der Waals surface area contributed by atoms with Gasteiger partial charge in [-0.15, -0.1) is 0 Å². The molecule has 1 aromatic carbocycles. The van der Waals surface area contributed by atoms with Crippen LogP contribution in [0, 0.1) is 0 Å². The molecule has 3 heterocycles. The minimum Gasteiger partial charge on any atom is -0.378 e. The number of aromatic nitrogens is 3. The second-order valence-corrected chi connectivity index (χ2v) is 6.51. The Morgan fingerprint density at radius 1 is 1.15 bits per heavy atom. The highest BCUT2D eigenvalue weighted by molar-refractivity contribution is 5.93. The van der Waals surface area contributed by atoms with Crippen LogP contribution in [0.1, 0.15) is 23.0 Å². The van der Waals surface area contributed by atoms with Gasteiger partial charge in [0.15, 0.2) is 0 Å². The monoisotopic (exact) mass is 350 g/mol. The molecule has 4 rings (SSSR count). The zero-order valence-electron chi connectivity index (χ0n) is 14.9. The van der Waals surface area contributed by atoms with Crippen LogP contribution in [0.4, 0.5) is 5.95 Å². The van der Waals surface area contributed by atoms with Crippen molar-refractivity contribution in [3.8, 4) is 0 Å². The molecule has 1 aliphatic heterocycles. The molecule has 0 bridgehead atoms. The van der Waals surface area contributed by atoms with E-state index in [1.807, 2.05) is 36.7 Å². The Morgan fingerprint density at radius 3 is 2.77 bits per heavy atom. The Bertz CT molecular complexity index is 928. The quantitative estimate of drug-likeness (QED) is 0.724. The van der Waals surface area contributed by atoms with Crippen molar-refractivity contribution in [3.05, 3.63) is 54.0 Å². The van der Waals surface area contributed by atoms with Crippen LogP contribution in [-0.4, -0.2) is 46.7 Å². The molecule has 0 saturated carbocycles. The molecule has 6 heteroatoms. The van der Waals surface area contributed by atoms with Gasteiger partial charge in [0.1, 0.15) is 0 Å². The summed E-state index contributed by atoms with van der Waals surface area (Å²) in [5.41, 5.74) is 3.15. The first-order chi connectivity index (χ1) is 12.7. The number of hydrogen-bond acceptors (Lipinski definition) is 5. The van der Waals surface area contributed by atoms with Crippen molar-refractivity contribution in [2.45, 2.75) is 19.8 Å². The fraction of sp³-hybridized carbons (Fsp3) is 0.350. The van der Waals surface area contributed by atoms with Gasteiger partial charge in [0, 0.05) is 43.5 Å². The van der Waals surface area contributed by atoms with E-state index in [1.54, 1.807) is 11.5 Å². The van der Waals surface area contributed by atoms with Gasteiger partial charge in [-0.1, -0.05) is 18.2 Å². The third kappa shape index (κ3) is 3.32. The van der Waals surface area contributed by atoms with Crippen molar-refractivity contribution in [2.24, 2.45) is 0 Å². The Kier molecular flexibility index (Phi) is 4.67. The number of carbonyl (C=O) groups excluding carboxylic acids is 1. The Labute approximate surface area is 152 Å². The highest BCUT2D eigenvalue weighted by atomic mass is 16.5. The fourth-order valence-electron chi connectivity index (χ4n) is 3.41. The minimum absolute atomic E-state index is 0.0316. The number of para-hydroxylation sites is 1. The van der Waals surface area contributed by atoms with Crippen molar-refractivity contribution in [2.75, 3.05) is 31.2 Å². The smallest absolute Gasteiger partial charge is 0.227 e. The van der Waals surface area contributed by atoms with E-state index < -0.39 is 0 Å². The van der Waals surface area contributed by atoms with Crippen LogP contribution in [0.2, 0.25) is 0 Å². The number of benzene rings is 1. The predicted octanol–water partition coefficient (Wildman–Crippen LogP) is 2.71. The van der Waals surface area contributed by atoms with Crippen LogP contribution in [0.25, 0.3) is 10.9 Å². The summed E-state index contributed by atoms with van der Waals surface area (Å²) in [7, 11) is 0. The lowest BCUT2D eigenvalue weighted by Crippen LogP contribution is -2.37. The lowest BCUT2D eigenvalue weighted by molar-refractivity contribution is 0.0941. The average Bonchev–Trinajstić information content (AvgIpc) is 3.06. The summed E-state index contributed by atoms with van der Waals surface area (Å²) < 4.78 is 7.12. The molecule has 1 saturated heterocycles. The molecule has 134 valence electrons. The molecular formula is C20H22N4O2. The summed E-state index contributed by atoms with van der Waals surface area (Å²) in [5.74, 6) is 0.807. The van der Waals surface area contributed by atoms with Crippen LogP contribution in [-0.2, 0) is 17.6 Å². The van der Waals surface area contributed by atoms with E-state index in [0.29, 0.717) is 0 Å². The standard InChI is InChI=1S/C20H22N4O2/c1-15(25)24-14-16(18-4-2-3-5-19(18)24)6-7-17-8-9-21-20(22-17)23-10-12-26-13-11-23/h2-5,8-9,14H,6-7,10-13H2,1H3. The zero-order chi connectivity index (χ0) is 17.9. The highest BCUT2D eigenvalue weighted by Gasteiger charge is 2.15. The molecule has 2 aromatic heterocycles. The summed E-state index contributed by atoms with van der Waals surface area (Å²) in [5, 5.41) is 1.13. The molecule has 0 unspecified atom stereocenters. The highest BCUT2D eigenvalue weighted by Crippen LogP contribution is 2.23. The van der Waals surface area contributed by atoms with Gasteiger partial charge in [-0.2, -0.15) is 0 Å². The third-order valence-corrected chi connectivity index (χ3v) is 4.78. The van der Waals surface area contributed by atoms with Crippen LogP contribution >= 0.6 is 0 Å². The molecule has 0 atom stereocenters. The van der Waals surface area contributed by atoms with Crippen molar-refractivity contribution in [1.29, 1.82) is 0 Å². The Morgan fingerprint density at radius 2 is 1.96 bits per heavy atom. The van der Waals surface area contributed by atoms with Gasteiger partial charge in [-0.3, -0.25) is 9.36 Å².